The van der Waals surface area contributed by atoms with Gasteiger partial charge in [0.05, 0.1) is 7.11 Å². The molecular weight excluding hydrogens is 252 g/mol. The highest BCUT2D eigenvalue weighted by molar-refractivity contribution is 7.98. The number of amides is 2. The molecule has 0 heterocycles. The summed E-state index contributed by atoms with van der Waals surface area (Å²) in [6.07, 6.45) is 2.30. The lowest BCUT2D eigenvalue weighted by atomic mass is 10.2. The third-order valence-corrected chi connectivity index (χ3v) is 2.81. The zero-order valence-electron chi connectivity index (χ0n) is 10.4. The fourth-order valence-corrected chi connectivity index (χ4v) is 1.59. The molecule has 0 radical (unpaired) electrons. The first-order valence-electron chi connectivity index (χ1n) is 5.39. The van der Waals surface area contributed by atoms with Gasteiger partial charge in [-0.05, 0) is 30.5 Å². The van der Waals surface area contributed by atoms with E-state index in [2.05, 4.69) is 10.9 Å². The van der Waals surface area contributed by atoms with Crippen LogP contribution < -0.4 is 15.6 Å². The Morgan fingerprint density at radius 1 is 1.22 bits per heavy atom. The van der Waals surface area contributed by atoms with Gasteiger partial charge in [0, 0.05) is 17.7 Å². The largest absolute Gasteiger partial charge is 0.497 e. The summed E-state index contributed by atoms with van der Waals surface area (Å²) >= 11 is 1.58. The van der Waals surface area contributed by atoms with E-state index in [1.165, 1.54) is 0 Å². The molecule has 2 N–H and O–H groups in total. The van der Waals surface area contributed by atoms with Crippen LogP contribution in [0, 0.1) is 0 Å². The molecular formula is C12H16N2O3S. The van der Waals surface area contributed by atoms with Crippen molar-refractivity contribution in [3.05, 3.63) is 29.8 Å². The number of thioether (sulfide) groups is 1. The van der Waals surface area contributed by atoms with Crippen LogP contribution in [0.4, 0.5) is 0 Å². The third-order valence-electron chi connectivity index (χ3n) is 2.20. The lowest BCUT2D eigenvalue weighted by Crippen LogP contribution is -2.41. The van der Waals surface area contributed by atoms with Crippen molar-refractivity contribution in [2.45, 2.75) is 6.42 Å². The maximum absolute atomic E-state index is 11.7. The number of ether oxygens (including phenoxy) is 1. The van der Waals surface area contributed by atoms with Gasteiger partial charge in [-0.2, -0.15) is 11.8 Å². The van der Waals surface area contributed by atoms with Crippen LogP contribution in [0.25, 0.3) is 0 Å². The van der Waals surface area contributed by atoms with Crippen molar-refractivity contribution in [3.8, 4) is 5.75 Å². The molecule has 1 aromatic carbocycles. The summed E-state index contributed by atoms with van der Waals surface area (Å²) in [4.78, 5) is 22.9. The molecule has 98 valence electrons. The molecule has 0 aliphatic carbocycles. The summed E-state index contributed by atoms with van der Waals surface area (Å²) < 4.78 is 4.99. The number of hydrogen-bond donors (Lipinski definition) is 2. The molecule has 0 aromatic heterocycles. The first-order valence-corrected chi connectivity index (χ1v) is 6.79. The average molecular weight is 268 g/mol. The van der Waals surface area contributed by atoms with Crippen molar-refractivity contribution in [2.75, 3.05) is 19.1 Å². The first kappa shape index (κ1) is 14.4. The maximum Gasteiger partial charge on any atom is 0.269 e. The molecule has 1 rings (SSSR count). The van der Waals surface area contributed by atoms with E-state index >= 15 is 0 Å². The number of hydrazine groups is 1. The standard InChI is InChI=1S/C12H16N2O3S/c1-17-10-5-3-9(4-6-10)12(16)14-13-11(15)7-8-18-2/h3-6H,7-8H2,1-2H3,(H,13,15)(H,14,16). The van der Waals surface area contributed by atoms with Crippen molar-refractivity contribution in [2.24, 2.45) is 0 Å². The second-order valence-electron chi connectivity index (χ2n) is 3.47. The minimum atomic E-state index is -0.352. The van der Waals surface area contributed by atoms with Crippen LogP contribution in [0.1, 0.15) is 16.8 Å². The van der Waals surface area contributed by atoms with Gasteiger partial charge in [0.2, 0.25) is 5.91 Å². The molecule has 6 heteroatoms. The summed E-state index contributed by atoms with van der Waals surface area (Å²) in [5.41, 5.74) is 5.18. The molecule has 0 fully saturated rings. The predicted molar refractivity (Wildman–Crippen MR) is 71.6 cm³/mol. The Bertz CT molecular complexity index is 406. The van der Waals surface area contributed by atoms with Crippen LogP contribution >= 0.6 is 11.8 Å². The van der Waals surface area contributed by atoms with E-state index in [4.69, 9.17) is 4.74 Å². The van der Waals surface area contributed by atoms with Crippen molar-refractivity contribution < 1.29 is 14.3 Å². The van der Waals surface area contributed by atoms with Crippen molar-refractivity contribution in [1.82, 2.24) is 10.9 Å². The number of methoxy groups -OCH3 is 1. The highest BCUT2D eigenvalue weighted by atomic mass is 32.2. The Kier molecular flexibility index (Phi) is 6.07. The van der Waals surface area contributed by atoms with Gasteiger partial charge in [-0.3, -0.25) is 20.4 Å². The minimum absolute atomic E-state index is 0.203. The molecule has 1 aromatic rings. The fraction of sp³-hybridized carbons (Fsp3) is 0.333. The molecule has 2 amide bonds. The predicted octanol–water partition coefficient (Wildman–Crippen LogP) is 1.21. The lowest BCUT2D eigenvalue weighted by Gasteiger charge is -2.07. The zero-order valence-corrected chi connectivity index (χ0v) is 11.2. The number of nitrogens with one attached hydrogen (secondary N) is 2. The Morgan fingerprint density at radius 3 is 2.44 bits per heavy atom. The lowest BCUT2D eigenvalue weighted by molar-refractivity contribution is -0.121. The molecule has 5 nitrogen and oxygen atoms in total. The second kappa shape index (κ2) is 7.60. The molecule has 0 aliphatic rings. The van der Waals surface area contributed by atoms with Gasteiger partial charge in [-0.25, -0.2) is 0 Å². The van der Waals surface area contributed by atoms with Gasteiger partial charge in [0.1, 0.15) is 5.75 Å². The molecule has 0 bridgehead atoms. The molecule has 0 spiro atoms. The fourth-order valence-electron chi connectivity index (χ4n) is 1.20. The molecule has 0 atom stereocenters. The van der Waals surface area contributed by atoms with Gasteiger partial charge in [-0.1, -0.05) is 0 Å². The third kappa shape index (κ3) is 4.67. The monoisotopic (exact) mass is 268 g/mol. The van der Waals surface area contributed by atoms with Crippen molar-refractivity contribution >= 4 is 23.6 Å². The second-order valence-corrected chi connectivity index (χ2v) is 4.46. The van der Waals surface area contributed by atoms with E-state index in [1.54, 1.807) is 43.1 Å². The van der Waals surface area contributed by atoms with Crippen molar-refractivity contribution in [1.29, 1.82) is 0 Å². The van der Waals surface area contributed by atoms with Gasteiger partial charge >= 0.3 is 0 Å². The summed E-state index contributed by atoms with van der Waals surface area (Å²) in [5.74, 6) is 0.849. The van der Waals surface area contributed by atoms with Crippen LogP contribution in [0.5, 0.6) is 5.75 Å². The van der Waals surface area contributed by atoms with E-state index in [0.717, 1.165) is 5.75 Å². The van der Waals surface area contributed by atoms with Gasteiger partial charge in [-0.15, -0.1) is 0 Å². The number of rotatable bonds is 5. The van der Waals surface area contributed by atoms with Gasteiger partial charge in [0.15, 0.2) is 0 Å². The first-order chi connectivity index (χ1) is 8.67. The van der Waals surface area contributed by atoms with Crippen molar-refractivity contribution in [3.63, 3.8) is 0 Å². The Balaban J connectivity index is 2.42. The number of carbonyl (C=O) groups is 2. The highest BCUT2D eigenvalue weighted by Crippen LogP contribution is 2.10. The number of benzene rings is 1. The normalized spacial score (nSPS) is 9.67. The van der Waals surface area contributed by atoms with E-state index < -0.39 is 0 Å². The summed E-state index contributed by atoms with van der Waals surface area (Å²) in [6.45, 7) is 0. The van der Waals surface area contributed by atoms with Crippen LogP contribution in [0.15, 0.2) is 24.3 Å². The molecule has 0 aliphatic heterocycles. The van der Waals surface area contributed by atoms with E-state index in [9.17, 15) is 9.59 Å². The molecule has 18 heavy (non-hydrogen) atoms. The molecule has 0 saturated carbocycles. The number of carbonyl (C=O) groups excluding carboxylic acids is 2. The highest BCUT2D eigenvalue weighted by Gasteiger charge is 2.06. The van der Waals surface area contributed by atoms with Crippen LogP contribution in [-0.2, 0) is 4.79 Å². The minimum Gasteiger partial charge on any atom is -0.497 e. The van der Waals surface area contributed by atoms with Crippen LogP contribution in [0.2, 0.25) is 0 Å². The Morgan fingerprint density at radius 2 is 1.89 bits per heavy atom. The smallest absolute Gasteiger partial charge is 0.269 e. The topological polar surface area (TPSA) is 67.4 Å². The maximum atomic E-state index is 11.7. The molecule has 0 saturated heterocycles. The Labute approximate surface area is 110 Å². The quantitative estimate of drug-likeness (QED) is 0.788. The van der Waals surface area contributed by atoms with E-state index in [1.807, 2.05) is 6.26 Å². The Hall–Kier alpha value is -1.69. The van der Waals surface area contributed by atoms with Crippen LogP contribution in [0.3, 0.4) is 0 Å². The van der Waals surface area contributed by atoms with Crippen LogP contribution in [-0.4, -0.2) is 30.9 Å². The van der Waals surface area contributed by atoms with E-state index in [-0.39, 0.29) is 11.8 Å². The summed E-state index contributed by atoms with van der Waals surface area (Å²) in [6, 6.07) is 6.62. The average Bonchev–Trinajstić information content (AvgIpc) is 2.42. The SMILES string of the molecule is COc1ccc(C(=O)NNC(=O)CCSC)cc1. The zero-order chi connectivity index (χ0) is 13.4. The summed E-state index contributed by atoms with van der Waals surface area (Å²) in [7, 11) is 1.56. The van der Waals surface area contributed by atoms with E-state index in [0.29, 0.717) is 17.7 Å². The number of hydrogen-bond acceptors (Lipinski definition) is 4. The molecule has 0 unspecified atom stereocenters. The van der Waals surface area contributed by atoms with Gasteiger partial charge < -0.3 is 4.74 Å². The van der Waals surface area contributed by atoms with Gasteiger partial charge in [0.25, 0.3) is 5.91 Å². The summed E-state index contributed by atoms with van der Waals surface area (Å²) in [5, 5.41) is 0.